The van der Waals surface area contributed by atoms with Gasteiger partial charge in [0.05, 0.1) is 11.0 Å². The molecule has 0 spiro atoms. The monoisotopic (exact) mass is 350 g/mol. The third-order valence-electron chi connectivity index (χ3n) is 5.64. The summed E-state index contributed by atoms with van der Waals surface area (Å²) in [4.78, 5) is 22.8. The van der Waals surface area contributed by atoms with Gasteiger partial charge in [-0.3, -0.25) is 14.7 Å². The number of carbonyl (C=O) groups excluding carboxylic acids is 1. The number of rotatable bonds is 4. The van der Waals surface area contributed by atoms with Crippen LogP contribution >= 0.6 is 0 Å². The van der Waals surface area contributed by atoms with Crippen molar-refractivity contribution in [3.63, 3.8) is 0 Å². The van der Waals surface area contributed by atoms with Crippen LogP contribution < -0.4 is 5.32 Å². The van der Waals surface area contributed by atoms with Crippen LogP contribution in [0.2, 0.25) is 0 Å². The van der Waals surface area contributed by atoms with Gasteiger partial charge < -0.3 is 10.3 Å². The first-order chi connectivity index (χ1) is 12.6. The van der Waals surface area contributed by atoms with E-state index in [2.05, 4.69) is 34.0 Å². The van der Waals surface area contributed by atoms with Crippen LogP contribution in [0, 0.1) is 0 Å². The molecule has 1 aliphatic heterocycles. The third-order valence-corrected chi connectivity index (χ3v) is 5.64. The highest BCUT2D eigenvalue weighted by atomic mass is 16.1. The summed E-state index contributed by atoms with van der Waals surface area (Å²) in [5, 5.41) is 5.15. The molecule has 1 fully saturated rings. The molecule has 4 rings (SSSR count). The molecule has 5 nitrogen and oxygen atoms in total. The number of aromatic amines is 1. The van der Waals surface area contributed by atoms with Crippen molar-refractivity contribution in [1.82, 2.24) is 20.2 Å². The highest BCUT2D eigenvalue weighted by molar-refractivity contribution is 6.07. The van der Waals surface area contributed by atoms with E-state index in [0.29, 0.717) is 24.3 Å². The second-order valence-electron chi connectivity index (χ2n) is 7.41. The van der Waals surface area contributed by atoms with Crippen molar-refractivity contribution >= 4 is 27.7 Å². The first-order valence-corrected chi connectivity index (χ1v) is 9.54. The number of likely N-dealkylation sites (tertiary alicyclic amines) is 1. The average Bonchev–Trinajstić information content (AvgIpc) is 3.09. The number of fused-ring (bicyclic) bond motifs is 3. The van der Waals surface area contributed by atoms with Crippen molar-refractivity contribution in [1.29, 1.82) is 0 Å². The quantitative estimate of drug-likeness (QED) is 0.754. The summed E-state index contributed by atoms with van der Waals surface area (Å²) in [6.45, 7) is 6.14. The lowest BCUT2D eigenvalue weighted by atomic mass is 9.98. The smallest absolute Gasteiger partial charge is 0.267 e. The van der Waals surface area contributed by atoms with Crippen molar-refractivity contribution in [3.8, 4) is 0 Å². The van der Waals surface area contributed by atoms with Gasteiger partial charge in [-0.2, -0.15) is 0 Å². The predicted molar refractivity (Wildman–Crippen MR) is 105 cm³/mol. The number of aromatic nitrogens is 2. The molecule has 3 aromatic rings. The summed E-state index contributed by atoms with van der Waals surface area (Å²) in [5.41, 5.74) is 2.42. The Morgan fingerprint density at radius 3 is 2.81 bits per heavy atom. The fraction of sp³-hybridized carbons (Fsp3) is 0.429. The molecule has 2 aromatic heterocycles. The first kappa shape index (κ1) is 17.0. The summed E-state index contributed by atoms with van der Waals surface area (Å²) in [7, 11) is 0. The van der Waals surface area contributed by atoms with E-state index in [4.69, 9.17) is 0 Å². The Balaban J connectivity index is 1.45. The molecular formula is C21H26N4O. The second kappa shape index (κ2) is 7.08. The van der Waals surface area contributed by atoms with Crippen LogP contribution in [0.1, 0.15) is 43.6 Å². The van der Waals surface area contributed by atoms with E-state index in [1.165, 1.54) is 19.3 Å². The lowest BCUT2D eigenvalue weighted by Gasteiger charge is -2.38. The Kier molecular flexibility index (Phi) is 4.64. The van der Waals surface area contributed by atoms with E-state index in [-0.39, 0.29) is 5.91 Å². The van der Waals surface area contributed by atoms with Crippen LogP contribution in [0.25, 0.3) is 21.8 Å². The number of hydrogen-bond acceptors (Lipinski definition) is 3. The van der Waals surface area contributed by atoms with Gasteiger partial charge >= 0.3 is 0 Å². The van der Waals surface area contributed by atoms with E-state index < -0.39 is 0 Å². The van der Waals surface area contributed by atoms with Crippen molar-refractivity contribution in [2.75, 3.05) is 13.1 Å². The highest BCUT2D eigenvalue weighted by Gasteiger charge is 2.24. The number of H-pyrrole nitrogens is 1. The van der Waals surface area contributed by atoms with Crippen molar-refractivity contribution in [2.45, 2.75) is 45.2 Å². The average molecular weight is 350 g/mol. The summed E-state index contributed by atoms with van der Waals surface area (Å²) in [6.07, 6.45) is 5.59. The molecule has 1 aliphatic rings. The molecule has 0 aliphatic carbocycles. The van der Waals surface area contributed by atoms with Crippen molar-refractivity contribution < 1.29 is 4.79 Å². The van der Waals surface area contributed by atoms with Gasteiger partial charge in [0, 0.05) is 42.1 Å². The molecule has 2 atom stereocenters. The summed E-state index contributed by atoms with van der Waals surface area (Å²) in [5.74, 6) is -0.0532. The second-order valence-corrected chi connectivity index (χ2v) is 7.41. The third kappa shape index (κ3) is 3.19. The fourth-order valence-electron chi connectivity index (χ4n) is 4.17. The Labute approximate surface area is 153 Å². The van der Waals surface area contributed by atoms with Crippen molar-refractivity contribution in [2.24, 2.45) is 0 Å². The van der Waals surface area contributed by atoms with Crippen LogP contribution in [-0.2, 0) is 0 Å². The zero-order valence-corrected chi connectivity index (χ0v) is 15.5. The van der Waals surface area contributed by atoms with E-state index in [1.807, 2.05) is 30.3 Å². The summed E-state index contributed by atoms with van der Waals surface area (Å²) >= 11 is 0. The number of hydrogen-bond donors (Lipinski definition) is 2. The predicted octanol–water partition coefficient (Wildman–Crippen LogP) is 3.71. The standard InChI is InChI=1S/C21H26N4O/c1-14-5-3-6-15(2)25(14)12-11-23-21(26)18-13-17-9-8-16-7-4-10-22-19(16)20(17)24-18/h4,7-10,13-15,24H,3,5-6,11-12H2,1-2H3,(H,23,26). The van der Waals surface area contributed by atoms with Crippen LogP contribution in [0.3, 0.4) is 0 Å². The molecule has 1 aromatic carbocycles. The highest BCUT2D eigenvalue weighted by Crippen LogP contribution is 2.24. The van der Waals surface area contributed by atoms with Gasteiger partial charge in [-0.15, -0.1) is 0 Å². The van der Waals surface area contributed by atoms with E-state index in [0.717, 1.165) is 28.4 Å². The maximum absolute atomic E-state index is 12.6. The molecule has 0 saturated carbocycles. The number of carbonyl (C=O) groups is 1. The largest absolute Gasteiger partial charge is 0.349 e. The zero-order valence-electron chi connectivity index (χ0n) is 15.5. The fourth-order valence-corrected chi connectivity index (χ4v) is 4.17. The normalized spacial score (nSPS) is 21.3. The van der Waals surface area contributed by atoms with Crippen molar-refractivity contribution in [3.05, 3.63) is 42.2 Å². The van der Waals surface area contributed by atoms with Crippen LogP contribution in [0.15, 0.2) is 36.5 Å². The summed E-state index contributed by atoms with van der Waals surface area (Å²) in [6, 6.07) is 11.1. The topological polar surface area (TPSA) is 61.0 Å². The van der Waals surface area contributed by atoms with Gasteiger partial charge in [0.25, 0.3) is 5.91 Å². The van der Waals surface area contributed by atoms with Gasteiger partial charge in [0.1, 0.15) is 5.69 Å². The minimum atomic E-state index is -0.0532. The molecule has 26 heavy (non-hydrogen) atoms. The Morgan fingerprint density at radius 2 is 2.00 bits per heavy atom. The molecule has 2 N–H and O–H groups in total. The SMILES string of the molecule is CC1CCCC(C)N1CCNC(=O)c1cc2ccc3cccnc3c2[nH]1. The molecule has 3 heterocycles. The minimum absolute atomic E-state index is 0.0532. The molecule has 1 amide bonds. The van der Waals surface area contributed by atoms with Gasteiger partial charge in [0.2, 0.25) is 0 Å². The number of amides is 1. The number of nitrogens with one attached hydrogen (secondary N) is 2. The number of benzene rings is 1. The van der Waals surface area contributed by atoms with Crippen LogP contribution in [-0.4, -0.2) is 45.9 Å². The maximum atomic E-state index is 12.6. The lowest BCUT2D eigenvalue weighted by molar-refractivity contribution is 0.0886. The molecule has 2 unspecified atom stereocenters. The molecule has 0 radical (unpaired) electrons. The minimum Gasteiger partial charge on any atom is -0.349 e. The maximum Gasteiger partial charge on any atom is 0.267 e. The van der Waals surface area contributed by atoms with Gasteiger partial charge in [0.15, 0.2) is 0 Å². The lowest BCUT2D eigenvalue weighted by Crippen LogP contribution is -2.47. The summed E-state index contributed by atoms with van der Waals surface area (Å²) < 4.78 is 0. The molecule has 5 heteroatoms. The van der Waals surface area contributed by atoms with Gasteiger partial charge in [-0.25, -0.2) is 0 Å². The Bertz CT molecular complexity index is 922. The number of nitrogens with zero attached hydrogens (tertiary/aromatic N) is 2. The molecule has 1 saturated heterocycles. The van der Waals surface area contributed by atoms with Gasteiger partial charge in [-0.1, -0.05) is 24.6 Å². The van der Waals surface area contributed by atoms with Gasteiger partial charge in [-0.05, 0) is 38.8 Å². The Hall–Kier alpha value is -2.40. The molecule has 0 bridgehead atoms. The number of piperidine rings is 1. The van der Waals surface area contributed by atoms with Crippen LogP contribution in [0.4, 0.5) is 0 Å². The van der Waals surface area contributed by atoms with E-state index in [1.54, 1.807) is 6.20 Å². The first-order valence-electron chi connectivity index (χ1n) is 9.54. The zero-order chi connectivity index (χ0) is 18.1. The van der Waals surface area contributed by atoms with Crippen LogP contribution in [0.5, 0.6) is 0 Å². The molecular weight excluding hydrogens is 324 g/mol. The Morgan fingerprint density at radius 1 is 1.23 bits per heavy atom. The molecule has 136 valence electrons. The number of pyridine rings is 1. The van der Waals surface area contributed by atoms with E-state index in [9.17, 15) is 4.79 Å². The van der Waals surface area contributed by atoms with E-state index >= 15 is 0 Å².